The van der Waals surface area contributed by atoms with Gasteiger partial charge < -0.3 is 9.47 Å². The van der Waals surface area contributed by atoms with Gasteiger partial charge in [0.2, 0.25) is 0 Å². The highest BCUT2D eigenvalue weighted by atomic mass is 16.2. The number of aryl methyl sites for hydroxylation is 1. The second kappa shape index (κ2) is 7.20. The van der Waals surface area contributed by atoms with E-state index < -0.39 is 0 Å². The van der Waals surface area contributed by atoms with E-state index in [-0.39, 0.29) is 5.91 Å². The van der Waals surface area contributed by atoms with Gasteiger partial charge in [0, 0.05) is 44.4 Å². The Labute approximate surface area is 153 Å². The van der Waals surface area contributed by atoms with Crippen molar-refractivity contribution in [3.63, 3.8) is 0 Å². The molecule has 134 valence electrons. The monoisotopic (exact) mass is 348 g/mol. The second-order valence-corrected chi connectivity index (χ2v) is 7.04. The van der Waals surface area contributed by atoms with Crippen molar-refractivity contribution in [1.29, 1.82) is 0 Å². The molecule has 5 heteroatoms. The van der Waals surface area contributed by atoms with E-state index in [9.17, 15) is 4.79 Å². The fourth-order valence-corrected chi connectivity index (χ4v) is 3.85. The fourth-order valence-electron chi connectivity index (χ4n) is 3.85. The number of benzene rings is 1. The van der Waals surface area contributed by atoms with Crippen molar-refractivity contribution in [3.8, 4) is 0 Å². The molecule has 3 aromatic rings. The smallest absolute Gasteiger partial charge is 0.270 e. The van der Waals surface area contributed by atoms with Gasteiger partial charge in [0.05, 0.1) is 6.20 Å². The summed E-state index contributed by atoms with van der Waals surface area (Å²) in [5.41, 5.74) is 4.56. The zero-order valence-electron chi connectivity index (χ0n) is 15.1. The number of H-pyrrole nitrogens is 1. The van der Waals surface area contributed by atoms with Crippen molar-refractivity contribution < 1.29 is 4.79 Å². The molecule has 4 rings (SSSR count). The van der Waals surface area contributed by atoms with Crippen LogP contribution in [-0.2, 0) is 13.5 Å². The molecule has 0 atom stereocenters. The summed E-state index contributed by atoms with van der Waals surface area (Å²) in [6.45, 7) is 1.58. The summed E-state index contributed by atoms with van der Waals surface area (Å²) < 4.78 is 1.89. The molecular weight excluding hydrogens is 324 g/mol. The minimum Gasteiger partial charge on any atom is -0.347 e. The molecule has 0 bridgehead atoms. The predicted octanol–water partition coefficient (Wildman–Crippen LogP) is 3.36. The number of aromatic nitrogens is 3. The molecule has 5 nitrogen and oxygen atoms in total. The Balaban J connectivity index is 1.42. The van der Waals surface area contributed by atoms with Crippen LogP contribution in [0, 0.1) is 0 Å². The average Bonchev–Trinajstić information content (AvgIpc) is 3.31. The summed E-state index contributed by atoms with van der Waals surface area (Å²) in [5, 5.41) is 7.51. The van der Waals surface area contributed by atoms with Crippen LogP contribution in [0.2, 0.25) is 0 Å². The van der Waals surface area contributed by atoms with Gasteiger partial charge >= 0.3 is 0 Å². The van der Waals surface area contributed by atoms with Crippen molar-refractivity contribution >= 4 is 5.91 Å². The number of carbonyl (C=O) groups excluding carboxylic acids is 1. The molecule has 1 amide bonds. The van der Waals surface area contributed by atoms with Gasteiger partial charge in [-0.2, -0.15) is 5.10 Å². The molecule has 0 unspecified atom stereocenters. The highest BCUT2D eigenvalue weighted by Crippen LogP contribution is 2.30. The van der Waals surface area contributed by atoms with E-state index in [4.69, 9.17) is 0 Å². The minimum atomic E-state index is 0.130. The van der Waals surface area contributed by atoms with Gasteiger partial charge in [0.15, 0.2) is 0 Å². The quantitative estimate of drug-likeness (QED) is 0.786. The van der Waals surface area contributed by atoms with Crippen LogP contribution in [0.5, 0.6) is 0 Å². The number of hydrogen-bond acceptors (Lipinski definition) is 2. The van der Waals surface area contributed by atoms with Crippen molar-refractivity contribution in [2.75, 3.05) is 13.1 Å². The van der Waals surface area contributed by atoms with E-state index in [0.29, 0.717) is 5.92 Å². The van der Waals surface area contributed by atoms with Gasteiger partial charge in [0.25, 0.3) is 5.91 Å². The molecule has 2 aromatic heterocycles. The molecule has 26 heavy (non-hydrogen) atoms. The van der Waals surface area contributed by atoms with Crippen molar-refractivity contribution in [2.45, 2.75) is 25.2 Å². The summed E-state index contributed by atoms with van der Waals surface area (Å²) >= 11 is 0. The van der Waals surface area contributed by atoms with E-state index in [2.05, 4.69) is 34.5 Å². The highest BCUT2D eigenvalue weighted by Gasteiger charge is 2.27. The minimum absolute atomic E-state index is 0.130. The zero-order valence-corrected chi connectivity index (χ0v) is 15.1. The van der Waals surface area contributed by atoms with E-state index >= 15 is 0 Å². The summed E-state index contributed by atoms with van der Waals surface area (Å²) in [7, 11) is 1.92. The van der Waals surface area contributed by atoms with Crippen LogP contribution in [0.1, 0.15) is 46.1 Å². The Morgan fingerprint density at radius 1 is 1.15 bits per heavy atom. The molecule has 1 aliphatic rings. The van der Waals surface area contributed by atoms with Crippen molar-refractivity contribution in [3.05, 3.63) is 77.4 Å². The summed E-state index contributed by atoms with van der Waals surface area (Å²) in [6.07, 6.45) is 6.71. The van der Waals surface area contributed by atoms with Crippen molar-refractivity contribution in [1.82, 2.24) is 19.7 Å². The number of hydrogen-bond donors (Lipinski definition) is 1. The molecule has 1 fully saturated rings. The van der Waals surface area contributed by atoms with Crippen LogP contribution in [0.25, 0.3) is 0 Å². The molecule has 1 aromatic carbocycles. The summed E-state index contributed by atoms with van der Waals surface area (Å²) in [6, 6.07) is 14.3. The third-order valence-corrected chi connectivity index (χ3v) is 5.34. The SMILES string of the molecule is Cn1cccc1C(=O)N1CCC(c2[nH]ncc2Cc2ccccc2)CC1. The number of aromatic amines is 1. The number of nitrogens with zero attached hydrogens (tertiary/aromatic N) is 3. The average molecular weight is 348 g/mol. The molecule has 3 heterocycles. The van der Waals surface area contributed by atoms with Crippen LogP contribution in [-0.4, -0.2) is 38.7 Å². The van der Waals surface area contributed by atoms with Crippen LogP contribution in [0.3, 0.4) is 0 Å². The number of carbonyl (C=O) groups is 1. The maximum absolute atomic E-state index is 12.7. The van der Waals surface area contributed by atoms with Gasteiger partial charge in [-0.1, -0.05) is 30.3 Å². The molecular formula is C21H24N4O. The van der Waals surface area contributed by atoms with E-state index in [1.807, 2.05) is 47.1 Å². The van der Waals surface area contributed by atoms with Crippen LogP contribution >= 0.6 is 0 Å². The third-order valence-electron chi connectivity index (χ3n) is 5.34. The molecule has 1 aliphatic heterocycles. The molecule has 1 saturated heterocycles. The normalized spacial score (nSPS) is 15.3. The van der Waals surface area contributed by atoms with Crippen LogP contribution < -0.4 is 0 Å². The largest absolute Gasteiger partial charge is 0.347 e. The third kappa shape index (κ3) is 3.29. The van der Waals surface area contributed by atoms with Gasteiger partial charge in [-0.3, -0.25) is 9.89 Å². The van der Waals surface area contributed by atoms with Gasteiger partial charge in [-0.05, 0) is 36.1 Å². The standard InChI is InChI=1S/C21H24N4O/c1-24-11-5-8-19(24)21(26)25-12-9-17(10-13-25)20-18(15-22-23-20)14-16-6-3-2-4-7-16/h2-8,11,15,17H,9-10,12-14H2,1H3,(H,22,23). The Morgan fingerprint density at radius 2 is 1.92 bits per heavy atom. The van der Waals surface area contributed by atoms with Crippen LogP contribution in [0.4, 0.5) is 0 Å². The van der Waals surface area contributed by atoms with E-state index in [0.717, 1.165) is 38.0 Å². The Morgan fingerprint density at radius 3 is 2.62 bits per heavy atom. The van der Waals surface area contributed by atoms with Crippen molar-refractivity contribution in [2.24, 2.45) is 7.05 Å². The maximum Gasteiger partial charge on any atom is 0.270 e. The fraction of sp³-hybridized carbons (Fsp3) is 0.333. The number of likely N-dealkylation sites (tertiary alicyclic amines) is 1. The summed E-state index contributed by atoms with van der Waals surface area (Å²) in [5.74, 6) is 0.568. The lowest BCUT2D eigenvalue weighted by molar-refractivity contribution is 0.0702. The number of rotatable bonds is 4. The van der Waals surface area contributed by atoms with Crippen LogP contribution in [0.15, 0.2) is 54.9 Å². The molecule has 0 aliphatic carbocycles. The zero-order chi connectivity index (χ0) is 17.9. The molecule has 1 N–H and O–H groups in total. The number of piperidine rings is 1. The first-order valence-electron chi connectivity index (χ1n) is 9.19. The van der Waals surface area contributed by atoms with E-state index in [1.54, 1.807) is 0 Å². The van der Waals surface area contributed by atoms with Gasteiger partial charge in [0.1, 0.15) is 5.69 Å². The number of amides is 1. The predicted molar refractivity (Wildman–Crippen MR) is 101 cm³/mol. The second-order valence-electron chi connectivity index (χ2n) is 7.04. The maximum atomic E-state index is 12.7. The summed E-state index contributed by atoms with van der Waals surface area (Å²) in [4.78, 5) is 14.6. The number of nitrogens with one attached hydrogen (secondary N) is 1. The topological polar surface area (TPSA) is 53.9 Å². The lowest BCUT2D eigenvalue weighted by atomic mass is 9.89. The van der Waals surface area contributed by atoms with Gasteiger partial charge in [-0.25, -0.2) is 0 Å². The Bertz CT molecular complexity index is 872. The molecule has 0 spiro atoms. The highest BCUT2D eigenvalue weighted by molar-refractivity contribution is 5.92. The lowest BCUT2D eigenvalue weighted by Crippen LogP contribution is -2.38. The first kappa shape index (κ1) is 16.6. The molecule has 0 saturated carbocycles. The van der Waals surface area contributed by atoms with E-state index in [1.165, 1.54) is 16.8 Å². The Kier molecular flexibility index (Phi) is 4.61. The first-order valence-corrected chi connectivity index (χ1v) is 9.19. The lowest BCUT2D eigenvalue weighted by Gasteiger charge is -2.32. The van der Waals surface area contributed by atoms with Gasteiger partial charge in [-0.15, -0.1) is 0 Å². The Hall–Kier alpha value is -2.82. The molecule has 0 radical (unpaired) electrons. The first-order chi connectivity index (χ1) is 12.7.